The number of nitrogens with one attached hydrogen (secondary N) is 1. The molecule has 1 aromatic heterocycles. The highest BCUT2D eigenvalue weighted by molar-refractivity contribution is 7.92. The maximum absolute atomic E-state index is 13.4. The number of anilines is 2. The van der Waals surface area contributed by atoms with Crippen molar-refractivity contribution >= 4 is 38.1 Å². The molecule has 156 valence electrons. The molecule has 0 radical (unpaired) electrons. The van der Waals surface area contributed by atoms with Gasteiger partial charge >= 0.3 is 0 Å². The van der Waals surface area contributed by atoms with Crippen LogP contribution in [-0.2, 0) is 14.9 Å². The molecule has 3 aromatic carbocycles. The molecular weight excluding hydrogens is 414 g/mol. The van der Waals surface area contributed by atoms with Crippen LogP contribution < -0.4 is 9.79 Å². The van der Waals surface area contributed by atoms with E-state index in [2.05, 4.69) is 10.3 Å². The van der Waals surface area contributed by atoms with Crippen molar-refractivity contribution in [2.45, 2.75) is 4.90 Å². The lowest BCUT2D eigenvalue weighted by Gasteiger charge is -2.22. The summed E-state index contributed by atoms with van der Waals surface area (Å²) >= 11 is 0. The van der Waals surface area contributed by atoms with Gasteiger partial charge in [0.25, 0.3) is 15.9 Å². The van der Waals surface area contributed by atoms with Gasteiger partial charge in [0.05, 0.1) is 17.7 Å². The second-order valence-electron chi connectivity index (χ2n) is 6.60. The standard InChI is InChI=1S/C23H19N3O4S/c1-30-26(18-7-3-2-4-8-18)31(28,29)22-12-11-21(19-9-5-6-10-20(19)22)25-23(27)17-13-15-24-16-14-17/h2-16H,1H3,(H,25,27). The Hall–Kier alpha value is -3.75. The Balaban J connectivity index is 1.79. The van der Waals surface area contributed by atoms with Gasteiger partial charge in [-0.25, -0.2) is 0 Å². The summed E-state index contributed by atoms with van der Waals surface area (Å²) < 4.78 is 27.8. The predicted molar refractivity (Wildman–Crippen MR) is 119 cm³/mol. The minimum Gasteiger partial charge on any atom is -0.321 e. The van der Waals surface area contributed by atoms with Crippen molar-refractivity contribution in [2.75, 3.05) is 16.9 Å². The van der Waals surface area contributed by atoms with Crippen LogP contribution in [-0.4, -0.2) is 26.4 Å². The van der Waals surface area contributed by atoms with Crippen molar-refractivity contribution in [1.82, 2.24) is 4.98 Å². The number of nitrogens with zero attached hydrogens (tertiary/aromatic N) is 2. The summed E-state index contributed by atoms with van der Waals surface area (Å²) in [6.07, 6.45) is 3.07. The van der Waals surface area contributed by atoms with E-state index in [4.69, 9.17) is 4.84 Å². The third-order valence-corrected chi connectivity index (χ3v) is 6.41. The molecule has 1 N–H and O–H groups in total. The highest BCUT2D eigenvalue weighted by atomic mass is 32.2. The van der Waals surface area contributed by atoms with Crippen LogP contribution in [0, 0.1) is 0 Å². The van der Waals surface area contributed by atoms with Crippen LogP contribution >= 0.6 is 0 Å². The number of hydrogen-bond acceptors (Lipinski definition) is 5. The summed E-state index contributed by atoms with van der Waals surface area (Å²) in [7, 11) is -2.74. The van der Waals surface area contributed by atoms with E-state index in [1.165, 1.54) is 25.6 Å². The van der Waals surface area contributed by atoms with E-state index in [0.717, 1.165) is 4.47 Å². The van der Waals surface area contributed by atoms with Crippen molar-refractivity contribution in [3.05, 3.63) is 96.8 Å². The van der Waals surface area contributed by atoms with Crippen LogP contribution in [0.2, 0.25) is 0 Å². The van der Waals surface area contributed by atoms with E-state index >= 15 is 0 Å². The van der Waals surface area contributed by atoms with Gasteiger partial charge in [-0.15, -0.1) is 4.47 Å². The number of hydrogen-bond donors (Lipinski definition) is 1. The maximum Gasteiger partial charge on any atom is 0.287 e. The predicted octanol–water partition coefficient (Wildman–Crippen LogP) is 4.24. The van der Waals surface area contributed by atoms with Crippen LogP contribution in [0.3, 0.4) is 0 Å². The number of aromatic nitrogens is 1. The maximum atomic E-state index is 13.4. The van der Waals surface area contributed by atoms with E-state index in [1.807, 2.05) is 0 Å². The van der Waals surface area contributed by atoms with Gasteiger partial charge in [0, 0.05) is 34.4 Å². The minimum absolute atomic E-state index is 0.0655. The van der Waals surface area contributed by atoms with E-state index in [9.17, 15) is 13.2 Å². The normalized spacial score (nSPS) is 11.3. The molecule has 0 aliphatic carbocycles. The van der Waals surface area contributed by atoms with Gasteiger partial charge in [-0.1, -0.05) is 42.5 Å². The topological polar surface area (TPSA) is 88.6 Å². The third kappa shape index (κ3) is 3.98. The average molecular weight is 433 g/mol. The molecule has 0 saturated heterocycles. The molecule has 0 fully saturated rings. The Morgan fingerprint density at radius 2 is 1.52 bits per heavy atom. The van der Waals surface area contributed by atoms with Gasteiger partial charge in [-0.2, -0.15) is 8.42 Å². The Kier molecular flexibility index (Phi) is 5.66. The number of para-hydroxylation sites is 1. The second kappa shape index (κ2) is 8.55. The average Bonchev–Trinajstić information content (AvgIpc) is 2.80. The smallest absolute Gasteiger partial charge is 0.287 e. The number of rotatable bonds is 6. The van der Waals surface area contributed by atoms with Gasteiger partial charge in [0.2, 0.25) is 0 Å². The third-order valence-electron chi connectivity index (χ3n) is 4.70. The minimum atomic E-state index is -4.04. The molecule has 0 spiro atoms. The number of fused-ring (bicyclic) bond motifs is 1. The first-order valence-electron chi connectivity index (χ1n) is 9.40. The van der Waals surface area contributed by atoms with Crippen molar-refractivity contribution in [3.8, 4) is 0 Å². The molecule has 0 unspecified atom stereocenters. The molecule has 0 aliphatic rings. The first kappa shape index (κ1) is 20.5. The molecule has 4 aromatic rings. The second-order valence-corrected chi connectivity index (χ2v) is 8.32. The van der Waals surface area contributed by atoms with Gasteiger partial charge in [0.1, 0.15) is 0 Å². The molecule has 0 saturated carbocycles. The fraction of sp³-hybridized carbons (Fsp3) is 0.0435. The first-order chi connectivity index (χ1) is 15.0. The molecule has 1 amide bonds. The molecule has 31 heavy (non-hydrogen) atoms. The van der Waals surface area contributed by atoms with Gasteiger partial charge in [0.15, 0.2) is 0 Å². The van der Waals surface area contributed by atoms with Gasteiger partial charge < -0.3 is 5.32 Å². The number of pyridine rings is 1. The van der Waals surface area contributed by atoms with Crippen LogP contribution in [0.4, 0.5) is 11.4 Å². The SMILES string of the molecule is CON(c1ccccc1)S(=O)(=O)c1ccc(NC(=O)c2ccncc2)c2ccccc12. The summed E-state index contributed by atoms with van der Waals surface area (Å²) in [4.78, 5) is 21.8. The molecule has 7 nitrogen and oxygen atoms in total. The number of sulfonamides is 1. The quantitative estimate of drug-likeness (QED) is 0.460. The van der Waals surface area contributed by atoms with E-state index in [-0.39, 0.29) is 10.8 Å². The summed E-state index contributed by atoms with van der Waals surface area (Å²) in [5.41, 5.74) is 1.33. The molecule has 8 heteroatoms. The molecule has 0 bridgehead atoms. The zero-order valence-electron chi connectivity index (χ0n) is 16.6. The highest BCUT2D eigenvalue weighted by Gasteiger charge is 2.28. The van der Waals surface area contributed by atoms with Crippen LogP contribution in [0.5, 0.6) is 0 Å². The number of amides is 1. The fourth-order valence-electron chi connectivity index (χ4n) is 3.28. The molecule has 1 heterocycles. The zero-order chi connectivity index (χ0) is 21.8. The lowest BCUT2D eigenvalue weighted by molar-refractivity contribution is 0.102. The fourth-order valence-corrected chi connectivity index (χ4v) is 4.75. The van der Waals surface area contributed by atoms with Crippen molar-refractivity contribution in [2.24, 2.45) is 0 Å². The van der Waals surface area contributed by atoms with Gasteiger partial charge in [-0.3, -0.25) is 14.6 Å². The molecular formula is C23H19N3O4S. The Morgan fingerprint density at radius 3 is 2.19 bits per heavy atom. The van der Waals surface area contributed by atoms with Crippen molar-refractivity contribution < 1.29 is 18.0 Å². The largest absolute Gasteiger partial charge is 0.321 e. The number of carbonyl (C=O) groups excluding carboxylic acids is 1. The Morgan fingerprint density at radius 1 is 0.871 bits per heavy atom. The summed E-state index contributed by atoms with van der Waals surface area (Å²) in [5, 5.41) is 3.91. The molecule has 0 atom stereocenters. The summed E-state index contributed by atoms with van der Waals surface area (Å²) in [5.74, 6) is -0.314. The zero-order valence-corrected chi connectivity index (χ0v) is 17.4. The van der Waals surface area contributed by atoms with E-state index in [1.54, 1.807) is 72.8 Å². The lowest BCUT2D eigenvalue weighted by atomic mass is 10.1. The van der Waals surface area contributed by atoms with E-state index < -0.39 is 10.0 Å². The summed E-state index contributed by atoms with van der Waals surface area (Å²) in [6, 6.07) is 21.8. The van der Waals surface area contributed by atoms with Crippen molar-refractivity contribution in [3.63, 3.8) is 0 Å². The van der Waals surface area contributed by atoms with E-state index in [0.29, 0.717) is 27.7 Å². The van der Waals surface area contributed by atoms with Crippen LogP contribution in [0.15, 0.2) is 96.2 Å². The Labute approximate surface area is 179 Å². The van der Waals surface area contributed by atoms with Gasteiger partial charge in [-0.05, 0) is 36.4 Å². The number of benzene rings is 3. The summed E-state index contributed by atoms with van der Waals surface area (Å²) in [6.45, 7) is 0. The monoisotopic (exact) mass is 433 g/mol. The molecule has 4 rings (SSSR count). The Bertz CT molecular complexity index is 1330. The van der Waals surface area contributed by atoms with Crippen LogP contribution in [0.1, 0.15) is 10.4 Å². The lowest BCUT2D eigenvalue weighted by Crippen LogP contribution is -2.30. The van der Waals surface area contributed by atoms with Crippen molar-refractivity contribution in [1.29, 1.82) is 0 Å². The number of carbonyl (C=O) groups is 1. The van der Waals surface area contributed by atoms with Crippen LogP contribution in [0.25, 0.3) is 10.8 Å². The highest BCUT2D eigenvalue weighted by Crippen LogP contribution is 2.33. The first-order valence-corrected chi connectivity index (χ1v) is 10.8. The molecule has 0 aliphatic heterocycles.